The van der Waals surface area contributed by atoms with Crippen LogP contribution in [0.4, 0.5) is 0 Å². The van der Waals surface area contributed by atoms with Gasteiger partial charge in [0, 0.05) is 26.2 Å². The first-order valence-electron chi connectivity index (χ1n) is 6.30. The summed E-state index contributed by atoms with van der Waals surface area (Å²) < 4.78 is 8.85. The molecule has 0 aliphatic rings. The molecule has 22 heavy (non-hydrogen) atoms. The molecular weight excluding hydrogens is 422 g/mol. The predicted molar refractivity (Wildman–Crippen MR) is 88.1 cm³/mol. The van der Waals surface area contributed by atoms with Crippen molar-refractivity contribution < 1.29 is 35.7 Å². The van der Waals surface area contributed by atoms with Crippen molar-refractivity contribution in [3.63, 3.8) is 0 Å². The summed E-state index contributed by atoms with van der Waals surface area (Å²) in [4.78, 5) is 0. The van der Waals surface area contributed by atoms with Crippen LogP contribution in [0.5, 0.6) is 11.5 Å². The van der Waals surface area contributed by atoms with Crippen LogP contribution in [0.15, 0.2) is 48.5 Å². The van der Waals surface area contributed by atoms with Crippen molar-refractivity contribution in [2.75, 3.05) is 14.2 Å². The molecule has 0 amide bonds. The van der Waals surface area contributed by atoms with Gasteiger partial charge in [0.1, 0.15) is 11.5 Å². The zero-order chi connectivity index (χ0) is 15.5. The van der Waals surface area contributed by atoms with E-state index >= 15 is 0 Å². The average Bonchev–Trinajstić information content (AvgIpc) is 2.47. The van der Waals surface area contributed by atoms with Gasteiger partial charge in [-0.2, -0.15) is 0 Å². The molecule has 0 bridgehead atoms. The van der Waals surface area contributed by atoms with Crippen LogP contribution >= 0.6 is 34.8 Å². The van der Waals surface area contributed by atoms with Crippen molar-refractivity contribution in [2.45, 2.75) is 9.71 Å². The fraction of sp³-hybridized carbons (Fsp3) is 0.250. The van der Waals surface area contributed by atoms with Crippen LogP contribution in [-0.2, 0) is 26.2 Å². The number of halogens is 3. The van der Waals surface area contributed by atoms with Gasteiger partial charge in [-0.05, 0) is 35.4 Å². The van der Waals surface area contributed by atoms with Crippen LogP contribution < -0.4 is 9.47 Å². The maximum atomic E-state index is 6.18. The third kappa shape index (κ3) is 4.89. The van der Waals surface area contributed by atoms with Gasteiger partial charge in [-0.3, -0.25) is 0 Å². The maximum absolute atomic E-state index is 6.18. The zero-order valence-corrected chi connectivity index (χ0v) is 16.9. The molecule has 0 saturated carbocycles. The summed E-state index contributed by atoms with van der Waals surface area (Å²) >= 11 is 18.6. The molecule has 0 spiro atoms. The number of methoxy groups -OCH3 is 2. The molecule has 2 aromatic rings. The SMILES string of the molecule is COc1ccc(C(c2ccc(OC)cc2)C(Cl)(Cl)Cl)cc1.[Zr]. The van der Waals surface area contributed by atoms with E-state index in [0.29, 0.717) is 0 Å². The summed E-state index contributed by atoms with van der Waals surface area (Å²) in [5.74, 6) is 1.15. The van der Waals surface area contributed by atoms with E-state index in [0.717, 1.165) is 22.6 Å². The Bertz CT molecular complexity index is 532. The Labute approximate surface area is 164 Å². The molecule has 0 aliphatic heterocycles. The second-order valence-electron chi connectivity index (χ2n) is 4.52. The van der Waals surface area contributed by atoms with Crippen molar-refractivity contribution >= 4 is 34.8 Å². The van der Waals surface area contributed by atoms with E-state index in [-0.39, 0.29) is 32.1 Å². The van der Waals surface area contributed by atoms with Crippen molar-refractivity contribution in [3.8, 4) is 11.5 Å². The van der Waals surface area contributed by atoms with E-state index in [1.807, 2.05) is 48.5 Å². The summed E-state index contributed by atoms with van der Waals surface area (Å²) in [6.07, 6.45) is 0. The molecule has 0 N–H and O–H groups in total. The molecule has 0 saturated heterocycles. The van der Waals surface area contributed by atoms with Gasteiger partial charge in [0.2, 0.25) is 3.79 Å². The number of benzene rings is 2. The molecule has 116 valence electrons. The Morgan fingerprint density at radius 1 is 0.727 bits per heavy atom. The molecule has 0 aromatic heterocycles. The van der Waals surface area contributed by atoms with Crippen LogP contribution in [0, 0.1) is 0 Å². The average molecular weight is 437 g/mol. The van der Waals surface area contributed by atoms with Gasteiger partial charge in [0.25, 0.3) is 0 Å². The van der Waals surface area contributed by atoms with Gasteiger partial charge in [-0.15, -0.1) is 0 Å². The summed E-state index contributed by atoms with van der Waals surface area (Å²) in [7, 11) is 3.23. The topological polar surface area (TPSA) is 18.5 Å². The monoisotopic (exact) mass is 434 g/mol. The molecule has 0 fully saturated rings. The molecule has 2 rings (SSSR count). The quantitative estimate of drug-likeness (QED) is 0.613. The molecule has 2 nitrogen and oxygen atoms in total. The van der Waals surface area contributed by atoms with Gasteiger partial charge < -0.3 is 9.47 Å². The van der Waals surface area contributed by atoms with Gasteiger partial charge >= 0.3 is 0 Å². The maximum Gasteiger partial charge on any atom is 0.201 e. The minimum Gasteiger partial charge on any atom is -0.497 e. The molecule has 2 aromatic carbocycles. The Morgan fingerprint density at radius 2 is 1.05 bits per heavy atom. The fourth-order valence-electron chi connectivity index (χ4n) is 2.16. The predicted octanol–water partition coefficient (Wildman–Crippen LogP) is 5.20. The van der Waals surface area contributed by atoms with Gasteiger partial charge in [0.05, 0.1) is 20.1 Å². The molecule has 0 radical (unpaired) electrons. The summed E-state index contributed by atoms with van der Waals surface area (Å²) in [5.41, 5.74) is 1.81. The number of rotatable bonds is 4. The van der Waals surface area contributed by atoms with Crippen LogP contribution in [0.25, 0.3) is 0 Å². The number of alkyl halides is 3. The molecule has 0 unspecified atom stereocenters. The summed E-state index contributed by atoms with van der Waals surface area (Å²) in [6, 6.07) is 15.0. The van der Waals surface area contributed by atoms with E-state index in [9.17, 15) is 0 Å². The summed E-state index contributed by atoms with van der Waals surface area (Å²) in [5, 5.41) is 0. The Kier molecular flexibility index (Phi) is 7.75. The van der Waals surface area contributed by atoms with Crippen molar-refractivity contribution in [2.24, 2.45) is 0 Å². The van der Waals surface area contributed by atoms with Gasteiger partial charge in [-0.25, -0.2) is 0 Å². The first-order chi connectivity index (χ1) is 9.95. The van der Waals surface area contributed by atoms with Crippen LogP contribution in [0.3, 0.4) is 0 Å². The number of hydrogen-bond acceptors (Lipinski definition) is 2. The third-order valence-electron chi connectivity index (χ3n) is 3.23. The molecule has 0 aliphatic carbocycles. The molecule has 6 heteroatoms. The number of hydrogen-bond donors (Lipinski definition) is 0. The Balaban J connectivity index is 0.00000242. The Hall–Kier alpha value is -0.207. The number of ether oxygens (including phenoxy) is 2. The van der Waals surface area contributed by atoms with Crippen LogP contribution in [-0.4, -0.2) is 18.0 Å². The third-order valence-corrected chi connectivity index (χ3v) is 3.88. The van der Waals surface area contributed by atoms with Crippen molar-refractivity contribution in [1.29, 1.82) is 0 Å². The van der Waals surface area contributed by atoms with Gasteiger partial charge in [-0.1, -0.05) is 59.1 Å². The second kappa shape index (κ2) is 8.59. The Morgan fingerprint density at radius 3 is 1.27 bits per heavy atom. The zero-order valence-electron chi connectivity index (χ0n) is 12.1. The van der Waals surface area contributed by atoms with E-state index < -0.39 is 3.79 Å². The first kappa shape index (κ1) is 19.8. The molecule has 0 heterocycles. The van der Waals surface area contributed by atoms with E-state index in [4.69, 9.17) is 44.3 Å². The standard InChI is InChI=1S/C16H15Cl3O2.Zr/c1-20-13-7-3-11(4-8-13)15(16(17,18)19)12-5-9-14(21-2)10-6-12;/h3-10,15H,1-2H3;. The largest absolute Gasteiger partial charge is 0.497 e. The van der Waals surface area contributed by atoms with E-state index in [1.165, 1.54) is 0 Å². The van der Waals surface area contributed by atoms with Crippen molar-refractivity contribution in [1.82, 2.24) is 0 Å². The normalized spacial score (nSPS) is 11.0. The first-order valence-corrected chi connectivity index (χ1v) is 7.43. The van der Waals surface area contributed by atoms with Crippen LogP contribution in [0.2, 0.25) is 0 Å². The molecular formula is C16H15Cl3O2Zr. The minimum atomic E-state index is -1.46. The molecule has 0 atom stereocenters. The smallest absolute Gasteiger partial charge is 0.201 e. The fourth-order valence-corrected chi connectivity index (χ4v) is 2.92. The summed E-state index contributed by atoms with van der Waals surface area (Å²) in [6.45, 7) is 0. The van der Waals surface area contributed by atoms with E-state index in [2.05, 4.69) is 0 Å². The second-order valence-corrected chi connectivity index (χ2v) is 6.89. The van der Waals surface area contributed by atoms with Crippen LogP contribution in [0.1, 0.15) is 17.0 Å². The van der Waals surface area contributed by atoms with E-state index in [1.54, 1.807) is 14.2 Å². The van der Waals surface area contributed by atoms with Crippen molar-refractivity contribution in [3.05, 3.63) is 59.7 Å². The van der Waals surface area contributed by atoms with Gasteiger partial charge in [0.15, 0.2) is 0 Å². The minimum absolute atomic E-state index is 0.